The Labute approximate surface area is 102 Å². The van der Waals surface area contributed by atoms with Crippen LogP contribution in [0.2, 0.25) is 0 Å². The van der Waals surface area contributed by atoms with Crippen LogP contribution >= 0.6 is 0 Å². The largest absolute Gasteiger partial charge is 0.485 e. The van der Waals surface area contributed by atoms with Crippen molar-refractivity contribution in [1.82, 2.24) is 10.3 Å². The van der Waals surface area contributed by atoms with Crippen molar-refractivity contribution >= 4 is 5.82 Å². The van der Waals surface area contributed by atoms with E-state index in [0.29, 0.717) is 6.10 Å². The minimum Gasteiger partial charge on any atom is -0.485 e. The lowest BCUT2D eigenvalue weighted by Gasteiger charge is -2.21. The molecule has 1 aromatic rings. The summed E-state index contributed by atoms with van der Waals surface area (Å²) in [6.45, 7) is 4.23. The van der Waals surface area contributed by atoms with Crippen molar-refractivity contribution in [1.29, 1.82) is 0 Å². The summed E-state index contributed by atoms with van der Waals surface area (Å²) in [5.41, 5.74) is 0. The van der Waals surface area contributed by atoms with Gasteiger partial charge in [0, 0.05) is 25.8 Å². The van der Waals surface area contributed by atoms with E-state index in [9.17, 15) is 0 Å². The second-order valence-electron chi connectivity index (χ2n) is 4.75. The summed E-state index contributed by atoms with van der Waals surface area (Å²) >= 11 is 0. The zero-order valence-corrected chi connectivity index (χ0v) is 10.1. The number of nitrogens with zero attached hydrogens (tertiary/aromatic N) is 2. The molecule has 17 heavy (non-hydrogen) atoms. The van der Waals surface area contributed by atoms with Gasteiger partial charge < -0.3 is 15.0 Å². The number of rotatable bonds is 3. The average molecular weight is 233 g/mol. The molecule has 1 N–H and O–H groups in total. The summed E-state index contributed by atoms with van der Waals surface area (Å²) in [5.74, 6) is 1.97. The predicted molar refractivity (Wildman–Crippen MR) is 67.6 cm³/mol. The van der Waals surface area contributed by atoms with E-state index in [1.54, 1.807) is 0 Å². The molecule has 92 valence electrons. The van der Waals surface area contributed by atoms with E-state index in [-0.39, 0.29) is 0 Å². The first-order valence-corrected chi connectivity index (χ1v) is 6.51. The van der Waals surface area contributed by atoms with E-state index in [2.05, 4.69) is 15.2 Å². The fourth-order valence-corrected chi connectivity index (χ4v) is 2.55. The highest BCUT2D eigenvalue weighted by Crippen LogP contribution is 2.29. The number of pyridine rings is 1. The van der Waals surface area contributed by atoms with Gasteiger partial charge in [-0.05, 0) is 37.9 Å². The molecule has 0 unspecified atom stereocenters. The summed E-state index contributed by atoms with van der Waals surface area (Å²) < 4.78 is 6.05. The van der Waals surface area contributed by atoms with Crippen molar-refractivity contribution in [3.63, 3.8) is 0 Å². The van der Waals surface area contributed by atoms with Crippen LogP contribution in [0.15, 0.2) is 18.3 Å². The third-order valence-electron chi connectivity index (χ3n) is 3.47. The van der Waals surface area contributed by atoms with Gasteiger partial charge in [0.15, 0.2) is 11.6 Å². The zero-order valence-electron chi connectivity index (χ0n) is 10.1. The maximum Gasteiger partial charge on any atom is 0.171 e. The van der Waals surface area contributed by atoms with Crippen molar-refractivity contribution < 1.29 is 4.74 Å². The highest BCUT2D eigenvalue weighted by Gasteiger charge is 2.21. The molecule has 0 spiro atoms. The van der Waals surface area contributed by atoms with Crippen molar-refractivity contribution in [2.45, 2.75) is 25.4 Å². The summed E-state index contributed by atoms with van der Waals surface area (Å²) in [6, 6.07) is 4.00. The molecule has 4 heteroatoms. The van der Waals surface area contributed by atoms with Gasteiger partial charge in [0.05, 0.1) is 0 Å². The van der Waals surface area contributed by atoms with Crippen molar-refractivity contribution in [3.05, 3.63) is 18.3 Å². The molecular formula is C13H19N3O. The van der Waals surface area contributed by atoms with Crippen LogP contribution in [0.25, 0.3) is 0 Å². The van der Waals surface area contributed by atoms with Gasteiger partial charge in [-0.1, -0.05) is 0 Å². The van der Waals surface area contributed by atoms with Crippen LogP contribution in [-0.2, 0) is 0 Å². The van der Waals surface area contributed by atoms with Gasteiger partial charge in [0.1, 0.15) is 6.10 Å². The van der Waals surface area contributed by atoms with Crippen LogP contribution in [0, 0.1) is 0 Å². The molecule has 0 bridgehead atoms. The smallest absolute Gasteiger partial charge is 0.171 e. The van der Waals surface area contributed by atoms with E-state index < -0.39 is 0 Å². The average Bonchev–Trinajstić information content (AvgIpc) is 3.01. The van der Waals surface area contributed by atoms with Crippen LogP contribution in [0.5, 0.6) is 5.75 Å². The maximum atomic E-state index is 6.05. The SMILES string of the molecule is c1cnc(N2CCCC2)c(O[C@@H]2CCNC2)c1. The predicted octanol–water partition coefficient (Wildman–Crippen LogP) is 1.42. The Morgan fingerprint density at radius 2 is 2.24 bits per heavy atom. The third-order valence-corrected chi connectivity index (χ3v) is 3.47. The Morgan fingerprint density at radius 1 is 1.35 bits per heavy atom. The van der Waals surface area contributed by atoms with Crippen molar-refractivity contribution in [2.24, 2.45) is 0 Å². The molecule has 1 aromatic heterocycles. The van der Waals surface area contributed by atoms with Crippen LogP contribution in [-0.4, -0.2) is 37.3 Å². The highest BCUT2D eigenvalue weighted by atomic mass is 16.5. The number of hydrogen-bond acceptors (Lipinski definition) is 4. The van der Waals surface area contributed by atoms with E-state index in [4.69, 9.17) is 4.74 Å². The molecule has 0 aliphatic carbocycles. The molecule has 4 nitrogen and oxygen atoms in total. The first-order chi connectivity index (χ1) is 8.43. The Balaban J connectivity index is 1.77. The lowest BCUT2D eigenvalue weighted by atomic mass is 10.3. The molecule has 3 heterocycles. The van der Waals surface area contributed by atoms with E-state index in [1.807, 2.05) is 18.3 Å². The molecule has 3 rings (SSSR count). The summed E-state index contributed by atoms with van der Waals surface area (Å²) in [4.78, 5) is 6.81. The van der Waals surface area contributed by atoms with E-state index >= 15 is 0 Å². The number of hydrogen-bond donors (Lipinski definition) is 1. The first kappa shape index (κ1) is 10.8. The van der Waals surface area contributed by atoms with Gasteiger partial charge >= 0.3 is 0 Å². The number of aromatic nitrogens is 1. The second kappa shape index (κ2) is 4.92. The van der Waals surface area contributed by atoms with Crippen LogP contribution in [0.3, 0.4) is 0 Å². The standard InChI is InChI=1S/C13H19N3O/c1-2-9-16(8-1)13-12(4-3-6-15-13)17-11-5-7-14-10-11/h3-4,6,11,14H,1-2,5,7-10H2/t11-/m1/s1. The van der Waals surface area contributed by atoms with Crippen molar-refractivity contribution in [3.8, 4) is 5.75 Å². The van der Waals surface area contributed by atoms with E-state index in [1.165, 1.54) is 12.8 Å². The van der Waals surface area contributed by atoms with Crippen LogP contribution in [0.1, 0.15) is 19.3 Å². The summed E-state index contributed by atoms with van der Waals surface area (Å²) in [6.07, 6.45) is 5.78. The number of anilines is 1. The Morgan fingerprint density at radius 3 is 3.00 bits per heavy atom. The molecule has 2 aliphatic heterocycles. The van der Waals surface area contributed by atoms with Gasteiger partial charge in [0.25, 0.3) is 0 Å². The van der Waals surface area contributed by atoms with Gasteiger partial charge in [0.2, 0.25) is 0 Å². The van der Waals surface area contributed by atoms with Crippen LogP contribution in [0.4, 0.5) is 5.82 Å². The Hall–Kier alpha value is -1.29. The normalized spacial score (nSPS) is 24.2. The van der Waals surface area contributed by atoms with Gasteiger partial charge in [-0.2, -0.15) is 0 Å². The second-order valence-corrected chi connectivity index (χ2v) is 4.75. The minimum absolute atomic E-state index is 0.306. The zero-order chi connectivity index (χ0) is 11.5. The molecule has 0 aromatic carbocycles. The number of nitrogens with one attached hydrogen (secondary N) is 1. The monoisotopic (exact) mass is 233 g/mol. The molecule has 2 fully saturated rings. The lowest BCUT2D eigenvalue weighted by molar-refractivity contribution is 0.223. The van der Waals surface area contributed by atoms with Gasteiger partial charge in [-0.15, -0.1) is 0 Å². The minimum atomic E-state index is 0.306. The first-order valence-electron chi connectivity index (χ1n) is 6.51. The topological polar surface area (TPSA) is 37.4 Å². The molecular weight excluding hydrogens is 214 g/mol. The summed E-state index contributed by atoms with van der Waals surface area (Å²) in [7, 11) is 0. The van der Waals surface area contributed by atoms with Crippen LogP contribution < -0.4 is 15.0 Å². The van der Waals surface area contributed by atoms with Gasteiger partial charge in [-0.25, -0.2) is 4.98 Å². The maximum absolute atomic E-state index is 6.05. The van der Waals surface area contributed by atoms with E-state index in [0.717, 1.165) is 44.2 Å². The van der Waals surface area contributed by atoms with Crippen molar-refractivity contribution in [2.75, 3.05) is 31.1 Å². The number of ether oxygens (including phenoxy) is 1. The molecule has 0 amide bonds. The fourth-order valence-electron chi connectivity index (χ4n) is 2.55. The Bertz CT molecular complexity index is 371. The molecule has 0 saturated carbocycles. The molecule has 2 saturated heterocycles. The summed E-state index contributed by atoms with van der Waals surface area (Å²) in [5, 5.41) is 3.32. The van der Waals surface area contributed by atoms with Gasteiger partial charge in [-0.3, -0.25) is 0 Å². The Kier molecular flexibility index (Phi) is 3.14. The molecule has 1 atom stereocenters. The molecule has 0 radical (unpaired) electrons. The third kappa shape index (κ3) is 2.36. The fraction of sp³-hybridized carbons (Fsp3) is 0.615. The highest BCUT2D eigenvalue weighted by molar-refractivity contribution is 5.52. The quantitative estimate of drug-likeness (QED) is 0.857. The molecule has 2 aliphatic rings. The lowest BCUT2D eigenvalue weighted by Crippen LogP contribution is -2.23.